The van der Waals surface area contributed by atoms with Crippen LogP contribution < -0.4 is 11.6 Å². The van der Waals surface area contributed by atoms with E-state index in [0.717, 1.165) is 11.4 Å². The Hall–Kier alpha value is -1.68. The molecular weight excluding hydrogens is 248 g/mol. The third kappa shape index (κ3) is 2.16. The first kappa shape index (κ1) is 12.8. The highest BCUT2D eigenvalue weighted by molar-refractivity contribution is 6.30. The third-order valence-corrected chi connectivity index (χ3v) is 2.99. The molecule has 0 fully saturated rings. The van der Waals surface area contributed by atoms with Gasteiger partial charge in [-0.25, -0.2) is 9.66 Å². The number of nitrogens with zero attached hydrogens (tertiary/aromatic N) is 2. The number of benzene rings is 1. The van der Waals surface area contributed by atoms with Crippen molar-refractivity contribution in [3.05, 3.63) is 35.1 Å². The zero-order valence-electron chi connectivity index (χ0n) is 10.7. The molecule has 0 atom stereocenters. The Bertz CT molecular complexity index is 564. The zero-order chi connectivity index (χ0) is 13.5. The van der Waals surface area contributed by atoms with E-state index in [1.54, 1.807) is 0 Å². The summed E-state index contributed by atoms with van der Waals surface area (Å²) in [6.45, 7) is 6.14. The molecule has 18 heavy (non-hydrogen) atoms. The van der Waals surface area contributed by atoms with Crippen LogP contribution in [-0.2, 0) is 5.41 Å². The summed E-state index contributed by atoms with van der Waals surface area (Å²) >= 11 is 5.87. The molecule has 0 amide bonds. The molecule has 0 bridgehead atoms. The topological polar surface area (TPSA) is 69.9 Å². The van der Waals surface area contributed by atoms with Crippen molar-refractivity contribution in [2.24, 2.45) is 0 Å². The van der Waals surface area contributed by atoms with Crippen LogP contribution >= 0.6 is 11.6 Å². The molecule has 96 valence electrons. The Morgan fingerprint density at radius 1 is 1.17 bits per heavy atom. The first-order valence-electron chi connectivity index (χ1n) is 5.70. The maximum Gasteiger partial charge on any atom is 0.150 e. The third-order valence-electron chi connectivity index (χ3n) is 2.74. The molecule has 2 rings (SSSR count). The van der Waals surface area contributed by atoms with Gasteiger partial charge in [0.05, 0.1) is 0 Å². The second-order valence-corrected chi connectivity index (χ2v) is 5.73. The molecule has 0 spiro atoms. The van der Waals surface area contributed by atoms with Gasteiger partial charge < -0.3 is 11.6 Å². The summed E-state index contributed by atoms with van der Waals surface area (Å²) in [5.74, 6) is 7.17. The average Bonchev–Trinajstić information content (AvgIpc) is 2.57. The molecule has 1 aromatic carbocycles. The number of imidazole rings is 1. The van der Waals surface area contributed by atoms with Crippen LogP contribution in [0.5, 0.6) is 0 Å². The molecule has 0 aliphatic carbocycles. The lowest BCUT2D eigenvalue weighted by molar-refractivity contribution is 0.532. The predicted molar refractivity (Wildman–Crippen MR) is 75.9 cm³/mol. The molecule has 0 saturated heterocycles. The van der Waals surface area contributed by atoms with Crippen LogP contribution in [0.4, 0.5) is 5.82 Å². The van der Waals surface area contributed by atoms with Crippen molar-refractivity contribution in [3.8, 4) is 11.3 Å². The van der Waals surface area contributed by atoms with Crippen molar-refractivity contribution in [3.63, 3.8) is 0 Å². The molecular formula is C13H17ClN4. The van der Waals surface area contributed by atoms with E-state index in [2.05, 4.69) is 4.98 Å². The number of aromatic nitrogens is 2. The second-order valence-electron chi connectivity index (χ2n) is 5.30. The van der Waals surface area contributed by atoms with Crippen LogP contribution in [-0.4, -0.2) is 9.66 Å². The minimum atomic E-state index is -0.159. The summed E-state index contributed by atoms with van der Waals surface area (Å²) < 4.78 is 1.45. The summed E-state index contributed by atoms with van der Waals surface area (Å²) in [5.41, 5.74) is 7.46. The number of hydrogen-bond acceptors (Lipinski definition) is 3. The molecule has 5 heteroatoms. The molecule has 1 aromatic heterocycles. The number of rotatable bonds is 1. The standard InChI is InChI=1S/C13H17ClN4/c1-13(2,3)12-17-10(11(15)18(12)16)8-4-6-9(14)7-5-8/h4-7H,15-16H2,1-3H3. The number of nitrogens with two attached hydrogens (primary N) is 2. The Morgan fingerprint density at radius 2 is 1.72 bits per heavy atom. The Balaban J connectivity index is 2.56. The van der Waals surface area contributed by atoms with E-state index in [9.17, 15) is 0 Å². The monoisotopic (exact) mass is 264 g/mol. The smallest absolute Gasteiger partial charge is 0.150 e. The number of anilines is 1. The van der Waals surface area contributed by atoms with E-state index in [4.69, 9.17) is 23.2 Å². The van der Waals surface area contributed by atoms with Gasteiger partial charge in [0.15, 0.2) is 5.82 Å². The van der Waals surface area contributed by atoms with Crippen LogP contribution in [0.2, 0.25) is 5.02 Å². The average molecular weight is 265 g/mol. The van der Waals surface area contributed by atoms with Crippen molar-refractivity contribution >= 4 is 17.4 Å². The Labute approximate surface area is 112 Å². The van der Waals surface area contributed by atoms with Gasteiger partial charge >= 0.3 is 0 Å². The first-order valence-corrected chi connectivity index (χ1v) is 6.08. The van der Waals surface area contributed by atoms with Crippen LogP contribution in [0.15, 0.2) is 24.3 Å². The molecule has 4 N–H and O–H groups in total. The summed E-state index contributed by atoms with van der Waals surface area (Å²) in [6, 6.07) is 7.38. The molecule has 0 saturated carbocycles. The highest BCUT2D eigenvalue weighted by Crippen LogP contribution is 2.30. The van der Waals surface area contributed by atoms with Gasteiger partial charge in [-0.15, -0.1) is 0 Å². The van der Waals surface area contributed by atoms with Gasteiger partial charge in [0.2, 0.25) is 0 Å². The van der Waals surface area contributed by atoms with Crippen LogP contribution in [0.3, 0.4) is 0 Å². The van der Waals surface area contributed by atoms with E-state index in [1.807, 2.05) is 45.0 Å². The largest absolute Gasteiger partial charge is 0.382 e. The Kier molecular flexibility index (Phi) is 2.99. The molecule has 4 nitrogen and oxygen atoms in total. The zero-order valence-corrected chi connectivity index (χ0v) is 11.5. The SMILES string of the molecule is CC(C)(C)c1nc(-c2ccc(Cl)cc2)c(N)n1N. The van der Waals surface area contributed by atoms with E-state index < -0.39 is 0 Å². The first-order chi connectivity index (χ1) is 8.30. The molecule has 1 heterocycles. The lowest BCUT2D eigenvalue weighted by Crippen LogP contribution is -2.24. The lowest BCUT2D eigenvalue weighted by atomic mass is 9.96. The van der Waals surface area contributed by atoms with E-state index >= 15 is 0 Å². The van der Waals surface area contributed by atoms with Crippen molar-refractivity contribution in [2.75, 3.05) is 11.6 Å². The number of halogens is 1. The summed E-state index contributed by atoms with van der Waals surface area (Å²) in [7, 11) is 0. The van der Waals surface area contributed by atoms with E-state index in [-0.39, 0.29) is 5.41 Å². The summed E-state index contributed by atoms with van der Waals surface area (Å²) in [5, 5.41) is 0.681. The quantitative estimate of drug-likeness (QED) is 0.778. The molecule has 2 aromatic rings. The van der Waals surface area contributed by atoms with Crippen LogP contribution in [0.1, 0.15) is 26.6 Å². The van der Waals surface area contributed by atoms with Gasteiger partial charge in [-0.05, 0) is 12.1 Å². The normalized spacial score (nSPS) is 11.8. The van der Waals surface area contributed by atoms with Crippen molar-refractivity contribution in [1.29, 1.82) is 0 Å². The van der Waals surface area contributed by atoms with Crippen molar-refractivity contribution in [2.45, 2.75) is 26.2 Å². The fourth-order valence-corrected chi connectivity index (χ4v) is 1.92. The van der Waals surface area contributed by atoms with Gasteiger partial charge in [0, 0.05) is 16.0 Å². The Morgan fingerprint density at radius 3 is 2.17 bits per heavy atom. The minimum Gasteiger partial charge on any atom is -0.382 e. The minimum absolute atomic E-state index is 0.159. The number of hydrogen-bond donors (Lipinski definition) is 2. The van der Waals surface area contributed by atoms with Gasteiger partial charge in [0.1, 0.15) is 11.5 Å². The molecule has 0 aliphatic heterocycles. The molecule has 0 radical (unpaired) electrons. The maximum atomic E-state index is 6.01. The fourth-order valence-electron chi connectivity index (χ4n) is 1.79. The van der Waals surface area contributed by atoms with Gasteiger partial charge in [-0.1, -0.05) is 44.5 Å². The number of nitrogen functional groups attached to an aromatic ring is 2. The van der Waals surface area contributed by atoms with Gasteiger partial charge in [-0.3, -0.25) is 0 Å². The fraction of sp³-hybridized carbons (Fsp3) is 0.308. The summed E-state index contributed by atoms with van der Waals surface area (Å²) in [4.78, 5) is 4.55. The van der Waals surface area contributed by atoms with Gasteiger partial charge in [-0.2, -0.15) is 0 Å². The van der Waals surface area contributed by atoms with Crippen LogP contribution in [0, 0.1) is 0 Å². The second kappa shape index (κ2) is 4.21. The van der Waals surface area contributed by atoms with Crippen LogP contribution in [0.25, 0.3) is 11.3 Å². The lowest BCUT2D eigenvalue weighted by Gasteiger charge is -2.17. The van der Waals surface area contributed by atoms with E-state index in [1.165, 1.54) is 4.68 Å². The van der Waals surface area contributed by atoms with E-state index in [0.29, 0.717) is 16.5 Å². The molecule has 0 aliphatic rings. The maximum absolute atomic E-state index is 6.01. The summed E-state index contributed by atoms with van der Waals surface area (Å²) in [6.07, 6.45) is 0. The van der Waals surface area contributed by atoms with Crippen molar-refractivity contribution in [1.82, 2.24) is 9.66 Å². The highest BCUT2D eigenvalue weighted by Gasteiger charge is 2.24. The molecule has 0 unspecified atom stereocenters. The van der Waals surface area contributed by atoms with Gasteiger partial charge in [0.25, 0.3) is 0 Å². The highest BCUT2D eigenvalue weighted by atomic mass is 35.5. The predicted octanol–water partition coefficient (Wildman–Crippen LogP) is 2.80. The van der Waals surface area contributed by atoms with Crippen molar-refractivity contribution < 1.29 is 0 Å².